The molecule has 0 aromatic rings. The van der Waals surface area contributed by atoms with Gasteiger partial charge in [0, 0.05) is 25.0 Å². The summed E-state index contributed by atoms with van der Waals surface area (Å²) in [7, 11) is 1.87. The molecule has 0 bridgehead atoms. The van der Waals surface area contributed by atoms with Crippen LogP contribution < -0.4 is 5.73 Å². The van der Waals surface area contributed by atoms with Gasteiger partial charge in [-0.25, -0.2) is 0 Å². The molecule has 0 saturated carbocycles. The van der Waals surface area contributed by atoms with Crippen molar-refractivity contribution in [3.05, 3.63) is 0 Å². The van der Waals surface area contributed by atoms with E-state index in [9.17, 15) is 9.59 Å². The fraction of sp³-hybridized carbons (Fsp3) is 0.875. The van der Waals surface area contributed by atoms with E-state index in [1.807, 2.05) is 32.7 Å². The lowest BCUT2D eigenvalue weighted by atomic mass is 9.91. The standard InChI is InChI=1S/C16H30N2O4/c1-6-14(20)15(17)16-12(9-22-11(4)21-7-2)8-13(10(3)19)18(16)5/h11-13,15-16H,6-9,17H2,1-5H3. The van der Waals surface area contributed by atoms with Crippen LogP contribution in [0, 0.1) is 5.92 Å². The number of hydrogen-bond acceptors (Lipinski definition) is 6. The van der Waals surface area contributed by atoms with Gasteiger partial charge in [-0.2, -0.15) is 0 Å². The minimum absolute atomic E-state index is 0.0175. The first kappa shape index (κ1) is 19.2. The van der Waals surface area contributed by atoms with Crippen LogP contribution >= 0.6 is 0 Å². The van der Waals surface area contributed by atoms with Gasteiger partial charge in [-0.15, -0.1) is 0 Å². The van der Waals surface area contributed by atoms with Crippen molar-refractivity contribution in [2.75, 3.05) is 20.3 Å². The number of carbonyl (C=O) groups excluding carboxylic acids is 2. The highest BCUT2D eigenvalue weighted by atomic mass is 16.7. The van der Waals surface area contributed by atoms with E-state index in [2.05, 4.69) is 0 Å². The van der Waals surface area contributed by atoms with E-state index in [0.717, 1.165) is 0 Å². The van der Waals surface area contributed by atoms with Crippen molar-refractivity contribution in [2.24, 2.45) is 11.7 Å². The van der Waals surface area contributed by atoms with Gasteiger partial charge in [-0.05, 0) is 34.2 Å². The number of hydrogen-bond donors (Lipinski definition) is 1. The zero-order valence-corrected chi connectivity index (χ0v) is 14.4. The zero-order valence-electron chi connectivity index (χ0n) is 14.4. The number of ether oxygens (including phenoxy) is 2. The number of ketones is 2. The van der Waals surface area contributed by atoms with Crippen LogP contribution in [0.1, 0.15) is 40.5 Å². The molecule has 1 fully saturated rings. The van der Waals surface area contributed by atoms with E-state index in [0.29, 0.717) is 26.1 Å². The Morgan fingerprint density at radius 2 is 1.95 bits per heavy atom. The second kappa shape index (κ2) is 8.72. The fourth-order valence-electron chi connectivity index (χ4n) is 3.27. The molecule has 1 rings (SSSR count). The van der Waals surface area contributed by atoms with Crippen molar-refractivity contribution in [3.63, 3.8) is 0 Å². The number of carbonyl (C=O) groups is 2. The van der Waals surface area contributed by atoms with E-state index in [-0.39, 0.29) is 35.9 Å². The SMILES string of the molecule is CCOC(C)OCC1CC(C(C)=O)N(C)C1C(N)C(=O)CC. The van der Waals surface area contributed by atoms with E-state index in [1.165, 1.54) is 0 Å². The first-order chi connectivity index (χ1) is 10.3. The third-order valence-corrected chi connectivity index (χ3v) is 4.47. The molecule has 6 nitrogen and oxygen atoms in total. The molecule has 0 radical (unpaired) electrons. The van der Waals surface area contributed by atoms with Crippen molar-refractivity contribution in [3.8, 4) is 0 Å². The van der Waals surface area contributed by atoms with Crippen LogP contribution in [0.4, 0.5) is 0 Å². The Morgan fingerprint density at radius 1 is 1.32 bits per heavy atom. The molecule has 5 atom stereocenters. The van der Waals surface area contributed by atoms with Gasteiger partial charge in [0.05, 0.1) is 18.7 Å². The molecule has 0 aliphatic carbocycles. The van der Waals surface area contributed by atoms with E-state index in [4.69, 9.17) is 15.2 Å². The molecule has 0 amide bonds. The van der Waals surface area contributed by atoms with Crippen LogP contribution in [0.15, 0.2) is 0 Å². The summed E-state index contributed by atoms with van der Waals surface area (Å²) in [6.07, 6.45) is 0.768. The average Bonchev–Trinajstić information content (AvgIpc) is 2.80. The molecule has 0 spiro atoms. The summed E-state index contributed by atoms with van der Waals surface area (Å²) in [5.74, 6) is 0.167. The van der Waals surface area contributed by atoms with Gasteiger partial charge in [0.2, 0.25) is 0 Å². The maximum atomic E-state index is 12.0. The Labute approximate surface area is 133 Å². The number of nitrogens with two attached hydrogens (primary N) is 1. The first-order valence-electron chi connectivity index (χ1n) is 8.07. The summed E-state index contributed by atoms with van der Waals surface area (Å²) in [4.78, 5) is 25.8. The summed E-state index contributed by atoms with van der Waals surface area (Å²) in [6.45, 7) is 8.16. The van der Waals surface area contributed by atoms with Crippen LogP contribution in [-0.2, 0) is 19.1 Å². The maximum absolute atomic E-state index is 12.0. The summed E-state index contributed by atoms with van der Waals surface area (Å²) in [5.41, 5.74) is 6.15. The summed E-state index contributed by atoms with van der Waals surface area (Å²) < 4.78 is 11.1. The number of rotatable bonds is 9. The normalized spacial score (nSPS) is 28.5. The lowest BCUT2D eigenvalue weighted by Gasteiger charge is -2.31. The van der Waals surface area contributed by atoms with E-state index >= 15 is 0 Å². The Bertz CT molecular complexity index is 388. The molecule has 1 heterocycles. The highest BCUT2D eigenvalue weighted by molar-refractivity contribution is 5.85. The van der Waals surface area contributed by atoms with Gasteiger partial charge in [0.25, 0.3) is 0 Å². The third kappa shape index (κ3) is 4.59. The molecule has 6 heteroatoms. The molecular weight excluding hydrogens is 284 g/mol. The summed E-state index contributed by atoms with van der Waals surface area (Å²) in [6, 6.07) is -0.956. The van der Waals surface area contributed by atoms with Crippen molar-refractivity contribution in [2.45, 2.75) is 65.0 Å². The predicted molar refractivity (Wildman–Crippen MR) is 84.4 cm³/mol. The van der Waals surface area contributed by atoms with Crippen LogP contribution in [0.5, 0.6) is 0 Å². The third-order valence-electron chi connectivity index (χ3n) is 4.47. The smallest absolute Gasteiger partial charge is 0.154 e. The molecule has 0 aromatic heterocycles. The lowest BCUT2D eigenvalue weighted by molar-refractivity contribution is -0.138. The fourth-order valence-corrected chi connectivity index (χ4v) is 3.27. The molecule has 22 heavy (non-hydrogen) atoms. The Morgan fingerprint density at radius 3 is 2.45 bits per heavy atom. The Kier molecular flexibility index (Phi) is 7.62. The lowest BCUT2D eigenvalue weighted by Crippen LogP contribution is -2.52. The average molecular weight is 314 g/mol. The van der Waals surface area contributed by atoms with Crippen LogP contribution in [0.2, 0.25) is 0 Å². The molecule has 1 saturated heterocycles. The number of Topliss-reactive ketones (excluding diaryl/α,β-unsaturated/α-hetero) is 2. The maximum Gasteiger partial charge on any atom is 0.154 e. The van der Waals surface area contributed by atoms with E-state index in [1.54, 1.807) is 6.92 Å². The highest BCUT2D eigenvalue weighted by Crippen LogP contribution is 2.31. The van der Waals surface area contributed by atoms with E-state index < -0.39 is 6.04 Å². The van der Waals surface area contributed by atoms with Gasteiger partial charge in [-0.1, -0.05) is 6.92 Å². The minimum Gasteiger partial charge on any atom is -0.353 e. The molecule has 128 valence electrons. The van der Waals surface area contributed by atoms with Gasteiger partial charge in [-0.3, -0.25) is 14.5 Å². The second-order valence-corrected chi connectivity index (χ2v) is 5.98. The molecule has 5 unspecified atom stereocenters. The number of nitrogens with zero attached hydrogens (tertiary/aromatic N) is 1. The van der Waals surface area contributed by atoms with Crippen LogP contribution in [0.25, 0.3) is 0 Å². The topological polar surface area (TPSA) is 81.9 Å². The van der Waals surface area contributed by atoms with Crippen LogP contribution in [-0.4, -0.2) is 61.1 Å². The summed E-state index contributed by atoms with van der Waals surface area (Å²) in [5, 5.41) is 0. The monoisotopic (exact) mass is 314 g/mol. The van der Waals surface area contributed by atoms with Crippen molar-refractivity contribution >= 4 is 11.6 Å². The highest BCUT2D eigenvalue weighted by Gasteiger charge is 2.45. The van der Waals surface area contributed by atoms with Gasteiger partial charge in [0.15, 0.2) is 12.1 Å². The Balaban J connectivity index is 2.81. The van der Waals surface area contributed by atoms with Crippen LogP contribution in [0.3, 0.4) is 0 Å². The molecule has 2 N–H and O–H groups in total. The molecule has 0 aromatic carbocycles. The van der Waals surface area contributed by atoms with Crippen molar-refractivity contribution in [1.82, 2.24) is 4.90 Å². The number of likely N-dealkylation sites (N-methyl/N-ethyl adjacent to an activating group) is 1. The first-order valence-corrected chi connectivity index (χ1v) is 8.07. The molecule has 1 aliphatic rings. The molecule has 1 aliphatic heterocycles. The van der Waals surface area contributed by atoms with Gasteiger partial charge < -0.3 is 15.2 Å². The largest absolute Gasteiger partial charge is 0.353 e. The Hall–Kier alpha value is -0.820. The number of likely N-dealkylation sites (tertiary alicyclic amines) is 1. The quantitative estimate of drug-likeness (QED) is 0.639. The van der Waals surface area contributed by atoms with Gasteiger partial charge >= 0.3 is 0 Å². The molecular formula is C16H30N2O4. The summed E-state index contributed by atoms with van der Waals surface area (Å²) >= 11 is 0. The second-order valence-electron chi connectivity index (χ2n) is 5.98. The van der Waals surface area contributed by atoms with Crippen molar-refractivity contribution < 1.29 is 19.1 Å². The minimum atomic E-state index is -0.588. The van der Waals surface area contributed by atoms with Crippen molar-refractivity contribution in [1.29, 1.82) is 0 Å². The predicted octanol–water partition coefficient (Wildman–Crippen LogP) is 0.970. The van der Waals surface area contributed by atoms with Gasteiger partial charge in [0.1, 0.15) is 5.78 Å². The zero-order chi connectivity index (χ0) is 16.9.